The van der Waals surface area contributed by atoms with Crippen LogP contribution < -0.4 is 5.32 Å². The fourth-order valence-corrected chi connectivity index (χ4v) is 2.92. The molecule has 1 unspecified atom stereocenters. The van der Waals surface area contributed by atoms with Gasteiger partial charge in [0.25, 0.3) is 0 Å². The molecule has 1 aliphatic carbocycles. The summed E-state index contributed by atoms with van der Waals surface area (Å²) in [6.07, 6.45) is 11.0. The lowest BCUT2D eigenvalue weighted by molar-refractivity contribution is 0.265. The van der Waals surface area contributed by atoms with Crippen molar-refractivity contribution in [2.45, 2.75) is 58.9 Å². The van der Waals surface area contributed by atoms with E-state index < -0.39 is 0 Å². The second kappa shape index (κ2) is 6.26. The third-order valence-corrected chi connectivity index (χ3v) is 4.11. The van der Waals surface area contributed by atoms with Crippen LogP contribution in [0.2, 0.25) is 0 Å². The van der Waals surface area contributed by atoms with Gasteiger partial charge in [-0.3, -0.25) is 0 Å². The Morgan fingerprint density at radius 3 is 2.67 bits per heavy atom. The lowest BCUT2D eigenvalue weighted by Gasteiger charge is -2.29. The van der Waals surface area contributed by atoms with Gasteiger partial charge in [0.2, 0.25) is 5.95 Å². The summed E-state index contributed by atoms with van der Waals surface area (Å²) in [5, 5.41) is 3.46. The molecule has 0 radical (unpaired) electrons. The smallest absolute Gasteiger partial charge is 0.203 e. The summed E-state index contributed by atoms with van der Waals surface area (Å²) in [5.41, 5.74) is 0. The SMILES string of the molecule is CC(C)CNc1nccn1C(C)C1CCCCC1. The van der Waals surface area contributed by atoms with E-state index in [1.54, 1.807) is 0 Å². The molecule has 1 heterocycles. The highest BCUT2D eigenvalue weighted by Gasteiger charge is 2.22. The molecule has 1 aromatic heterocycles. The van der Waals surface area contributed by atoms with Crippen LogP contribution in [0.5, 0.6) is 0 Å². The molecule has 1 fully saturated rings. The Hall–Kier alpha value is -0.990. The zero-order chi connectivity index (χ0) is 13.0. The molecule has 1 saturated carbocycles. The maximum absolute atomic E-state index is 4.46. The molecule has 1 aromatic rings. The Kier molecular flexibility index (Phi) is 4.67. The molecular weight excluding hydrogens is 222 g/mol. The number of hydrogen-bond donors (Lipinski definition) is 1. The van der Waals surface area contributed by atoms with Crippen molar-refractivity contribution in [1.82, 2.24) is 9.55 Å². The summed E-state index contributed by atoms with van der Waals surface area (Å²) in [7, 11) is 0. The second-order valence-electron chi connectivity index (χ2n) is 6.07. The first-order valence-corrected chi connectivity index (χ1v) is 7.45. The first-order chi connectivity index (χ1) is 8.68. The average Bonchev–Trinajstić information content (AvgIpc) is 2.85. The van der Waals surface area contributed by atoms with Crippen molar-refractivity contribution >= 4 is 5.95 Å². The third kappa shape index (κ3) is 3.27. The van der Waals surface area contributed by atoms with Crippen LogP contribution in [-0.2, 0) is 0 Å². The fraction of sp³-hybridized carbons (Fsp3) is 0.800. The van der Waals surface area contributed by atoms with Crippen LogP contribution in [0.3, 0.4) is 0 Å². The van der Waals surface area contributed by atoms with E-state index in [1.807, 2.05) is 6.20 Å². The maximum atomic E-state index is 4.46. The van der Waals surface area contributed by atoms with Crippen LogP contribution in [0.4, 0.5) is 5.95 Å². The van der Waals surface area contributed by atoms with Gasteiger partial charge in [0, 0.05) is 25.0 Å². The molecule has 0 amide bonds. The molecule has 102 valence electrons. The standard InChI is InChI=1S/C15H27N3/c1-12(2)11-17-15-16-9-10-18(15)13(3)14-7-5-4-6-8-14/h9-10,12-14H,4-8,11H2,1-3H3,(H,16,17). The van der Waals surface area contributed by atoms with Gasteiger partial charge in [0.05, 0.1) is 0 Å². The molecule has 1 aliphatic rings. The molecule has 0 bridgehead atoms. The minimum atomic E-state index is 0.572. The number of imidazole rings is 1. The Bertz CT molecular complexity index is 350. The first kappa shape index (κ1) is 13.4. The summed E-state index contributed by atoms with van der Waals surface area (Å²) < 4.78 is 2.33. The van der Waals surface area contributed by atoms with Crippen LogP contribution in [0.15, 0.2) is 12.4 Å². The lowest BCUT2D eigenvalue weighted by atomic mass is 9.84. The summed E-state index contributed by atoms with van der Waals surface area (Å²) in [5.74, 6) is 2.52. The van der Waals surface area contributed by atoms with Crippen molar-refractivity contribution in [2.24, 2.45) is 11.8 Å². The van der Waals surface area contributed by atoms with Crippen LogP contribution in [0.1, 0.15) is 58.9 Å². The minimum Gasteiger partial charge on any atom is -0.355 e. The number of aromatic nitrogens is 2. The van der Waals surface area contributed by atoms with Crippen molar-refractivity contribution in [1.29, 1.82) is 0 Å². The van der Waals surface area contributed by atoms with E-state index >= 15 is 0 Å². The molecular formula is C15H27N3. The van der Waals surface area contributed by atoms with Gasteiger partial charge >= 0.3 is 0 Å². The van der Waals surface area contributed by atoms with E-state index in [4.69, 9.17) is 0 Å². The predicted molar refractivity (Wildman–Crippen MR) is 76.8 cm³/mol. The molecule has 0 saturated heterocycles. The summed E-state index contributed by atoms with van der Waals surface area (Å²) in [6, 6.07) is 0.572. The molecule has 1 N–H and O–H groups in total. The summed E-state index contributed by atoms with van der Waals surface area (Å²) in [6.45, 7) is 7.79. The molecule has 3 nitrogen and oxygen atoms in total. The normalized spacial score (nSPS) is 19.1. The largest absolute Gasteiger partial charge is 0.355 e. The highest BCUT2D eigenvalue weighted by atomic mass is 15.2. The van der Waals surface area contributed by atoms with Crippen molar-refractivity contribution in [2.75, 3.05) is 11.9 Å². The molecule has 1 atom stereocenters. The average molecular weight is 249 g/mol. The zero-order valence-corrected chi connectivity index (χ0v) is 12.0. The quantitative estimate of drug-likeness (QED) is 0.851. The van der Waals surface area contributed by atoms with Gasteiger partial charge in [-0.05, 0) is 31.6 Å². The molecule has 2 rings (SSSR count). The van der Waals surface area contributed by atoms with Crippen molar-refractivity contribution < 1.29 is 0 Å². The van der Waals surface area contributed by atoms with Gasteiger partial charge in [-0.2, -0.15) is 0 Å². The van der Waals surface area contributed by atoms with E-state index in [-0.39, 0.29) is 0 Å². The van der Waals surface area contributed by atoms with Crippen LogP contribution in [0, 0.1) is 11.8 Å². The number of rotatable bonds is 5. The lowest BCUT2D eigenvalue weighted by Crippen LogP contribution is -2.21. The summed E-state index contributed by atoms with van der Waals surface area (Å²) >= 11 is 0. The Morgan fingerprint density at radius 2 is 2.00 bits per heavy atom. The number of anilines is 1. The van der Waals surface area contributed by atoms with E-state index in [1.165, 1.54) is 32.1 Å². The second-order valence-corrected chi connectivity index (χ2v) is 6.07. The van der Waals surface area contributed by atoms with Gasteiger partial charge in [-0.25, -0.2) is 4.98 Å². The van der Waals surface area contributed by atoms with Crippen molar-refractivity contribution in [3.05, 3.63) is 12.4 Å². The molecule has 0 spiro atoms. The number of nitrogens with one attached hydrogen (secondary N) is 1. The molecule has 3 heteroatoms. The Balaban J connectivity index is 2.00. The third-order valence-electron chi connectivity index (χ3n) is 4.11. The molecule has 18 heavy (non-hydrogen) atoms. The van der Waals surface area contributed by atoms with Crippen LogP contribution in [-0.4, -0.2) is 16.1 Å². The molecule has 0 aliphatic heterocycles. The van der Waals surface area contributed by atoms with E-state index in [0.29, 0.717) is 12.0 Å². The Labute approximate surface area is 111 Å². The highest BCUT2D eigenvalue weighted by Crippen LogP contribution is 2.33. The topological polar surface area (TPSA) is 29.9 Å². The number of hydrogen-bond acceptors (Lipinski definition) is 2. The minimum absolute atomic E-state index is 0.572. The van der Waals surface area contributed by atoms with Gasteiger partial charge in [-0.1, -0.05) is 33.1 Å². The van der Waals surface area contributed by atoms with Gasteiger partial charge < -0.3 is 9.88 Å². The first-order valence-electron chi connectivity index (χ1n) is 7.45. The zero-order valence-electron chi connectivity index (χ0n) is 12.0. The Morgan fingerprint density at radius 1 is 1.28 bits per heavy atom. The van der Waals surface area contributed by atoms with Crippen molar-refractivity contribution in [3.63, 3.8) is 0 Å². The maximum Gasteiger partial charge on any atom is 0.203 e. The summed E-state index contributed by atoms with van der Waals surface area (Å²) in [4.78, 5) is 4.46. The fourth-order valence-electron chi connectivity index (χ4n) is 2.92. The van der Waals surface area contributed by atoms with Crippen LogP contribution in [0.25, 0.3) is 0 Å². The van der Waals surface area contributed by atoms with Gasteiger partial charge in [0.1, 0.15) is 0 Å². The highest BCUT2D eigenvalue weighted by molar-refractivity contribution is 5.26. The monoisotopic (exact) mass is 249 g/mol. The number of nitrogens with zero attached hydrogens (tertiary/aromatic N) is 2. The molecule has 0 aromatic carbocycles. The van der Waals surface area contributed by atoms with E-state index in [2.05, 4.69) is 41.8 Å². The van der Waals surface area contributed by atoms with Gasteiger partial charge in [0.15, 0.2) is 0 Å². The van der Waals surface area contributed by atoms with Crippen LogP contribution >= 0.6 is 0 Å². The predicted octanol–water partition coefficient (Wildman–Crippen LogP) is 4.09. The van der Waals surface area contributed by atoms with E-state index in [9.17, 15) is 0 Å². The van der Waals surface area contributed by atoms with E-state index in [0.717, 1.165) is 18.4 Å². The van der Waals surface area contributed by atoms with Crippen molar-refractivity contribution in [3.8, 4) is 0 Å². The van der Waals surface area contributed by atoms with Gasteiger partial charge in [-0.15, -0.1) is 0 Å².